The minimum atomic E-state index is -0.998. The van der Waals surface area contributed by atoms with E-state index in [-0.39, 0.29) is 11.2 Å². The van der Waals surface area contributed by atoms with E-state index >= 15 is 0 Å². The molecule has 0 saturated heterocycles. The lowest BCUT2D eigenvalue weighted by Gasteiger charge is -2.58. The van der Waals surface area contributed by atoms with Gasteiger partial charge in [0.25, 0.3) is 0 Å². The summed E-state index contributed by atoms with van der Waals surface area (Å²) in [5, 5.41) is 21.9. The van der Waals surface area contributed by atoms with E-state index in [4.69, 9.17) is 9.84 Å². The van der Waals surface area contributed by atoms with Gasteiger partial charge in [-0.2, -0.15) is 0 Å². The van der Waals surface area contributed by atoms with E-state index in [2.05, 4.69) is 6.07 Å². The van der Waals surface area contributed by atoms with Gasteiger partial charge in [-0.3, -0.25) is 0 Å². The van der Waals surface area contributed by atoms with Crippen LogP contribution in [0.5, 0.6) is 11.5 Å². The molecule has 2 aromatic carbocycles. The van der Waals surface area contributed by atoms with Gasteiger partial charge in [-0.15, -0.1) is 5.75 Å². The number of hydrogen-bond acceptors (Lipinski definition) is 3. The highest BCUT2D eigenvalue weighted by molar-refractivity contribution is 5.86. The highest BCUT2D eigenvalue weighted by Gasteiger charge is 2.51. The van der Waals surface area contributed by atoms with E-state index in [0.29, 0.717) is 11.3 Å². The summed E-state index contributed by atoms with van der Waals surface area (Å²) in [6, 6.07) is 11.5. The monoisotopic (exact) mass is 403 g/mol. The maximum Gasteiger partial charge on any atom is 0.328 e. The van der Waals surface area contributed by atoms with Gasteiger partial charge in [0.05, 0.1) is 7.11 Å². The Labute approximate surface area is 177 Å². The average Bonchev–Trinajstić information content (AvgIpc) is 2.71. The fourth-order valence-corrected chi connectivity index (χ4v) is 6.77. The maximum atomic E-state index is 13.0. The number of benzene rings is 2. The van der Waals surface area contributed by atoms with Crippen molar-refractivity contribution in [2.75, 3.05) is 7.11 Å². The van der Waals surface area contributed by atoms with Gasteiger partial charge in [-0.25, -0.2) is 4.79 Å². The number of hydrogen-bond donors (Lipinski definition) is 1. The number of methoxy groups -OCH3 is 1. The first-order chi connectivity index (χ1) is 14.5. The Morgan fingerprint density at radius 2 is 1.63 bits per heavy atom. The van der Waals surface area contributed by atoms with Crippen LogP contribution in [0.3, 0.4) is 0 Å². The van der Waals surface area contributed by atoms with Gasteiger partial charge >= 0.3 is 5.97 Å². The predicted octanol–water partition coefficient (Wildman–Crippen LogP) is 5.00. The molecule has 4 saturated carbocycles. The Morgan fingerprint density at radius 1 is 1.03 bits per heavy atom. The third kappa shape index (κ3) is 3.28. The molecule has 0 heterocycles. The molecule has 4 aliphatic carbocycles. The molecule has 0 atom stereocenters. The van der Waals surface area contributed by atoms with E-state index < -0.39 is 5.97 Å². The van der Waals surface area contributed by atoms with Crippen molar-refractivity contribution in [2.24, 2.45) is 17.8 Å². The van der Waals surface area contributed by atoms with Crippen molar-refractivity contribution in [2.45, 2.75) is 43.9 Å². The summed E-state index contributed by atoms with van der Waals surface area (Å²) in [7, 11) is 1.57. The van der Waals surface area contributed by atoms with Crippen LogP contribution in [0.2, 0.25) is 0 Å². The Balaban J connectivity index is 1.54. The lowest BCUT2D eigenvalue weighted by atomic mass is 9.48. The fraction of sp³-hybridized carbons (Fsp3) is 0.423. The molecule has 0 amide bonds. The minimum absolute atomic E-state index is 0.0559. The second-order valence-electron chi connectivity index (χ2n) is 9.54. The average molecular weight is 403 g/mol. The van der Waals surface area contributed by atoms with E-state index in [1.807, 2.05) is 24.3 Å². The second kappa shape index (κ2) is 7.19. The van der Waals surface area contributed by atoms with Gasteiger partial charge in [-0.05, 0) is 96.6 Å². The third-order valence-corrected chi connectivity index (χ3v) is 7.56. The highest BCUT2D eigenvalue weighted by Crippen LogP contribution is 2.61. The number of aliphatic carboxylic acids is 1. The molecule has 4 fully saturated rings. The summed E-state index contributed by atoms with van der Waals surface area (Å²) in [6.45, 7) is 0. The summed E-state index contributed by atoms with van der Waals surface area (Å²) < 4.78 is 5.38. The first-order valence-electron chi connectivity index (χ1n) is 10.9. The number of carboxylic acids is 1. The number of rotatable bonds is 5. The van der Waals surface area contributed by atoms with Crippen LogP contribution in [0.1, 0.15) is 49.7 Å². The van der Waals surface area contributed by atoms with Crippen LogP contribution in [-0.2, 0) is 10.2 Å². The van der Waals surface area contributed by atoms with Crippen LogP contribution in [0.15, 0.2) is 42.5 Å². The standard InChI is InChI=1S/C26H28O4/c1-30-24-6-3-19(11-21(24)4-7-25(28)29)20-2-5-23(27)22(12-20)26-13-16-8-17(14-26)10-18(9-16)15-26/h2-7,11-12,16-18,27H,8-10,13-15H2,1H3,(H,28,29)/p-1/b7-4+. The smallest absolute Gasteiger partial charge is 0.328 e. The zero-order valence-electron chi connectivity index (χ0n) is 17.3. The molecule has 4 heteroatoms. The predicted molar refractivity (Wildman–Crippen MR) is 114 cm³/mol. The van der Waals surface area contributed by atoms with Crippen molar-refractivity contribution in [1.82, 2.24) is 0 Å². The molecule has 4 bridgehead atoms. The van der Waals surface area contributed by atoms with Gasteiger partial charge in [0.15, 0.2) is 0 Å². The van der Waals surface area contributed by atoms with Crippen LogP contribution in [0.25, 0.3) is 17.2 Å². The quantitative estimate of drug-likeness (QED) is 0.713. The fourth-order valence-electron chi connectivity index (χ4n) is 6.77. The molecular weight excluding hydrogens is 376 g/mol. The van der Waals surface area contributed by atoms with Crippen molar-refractivity contribution in [3.05, 3.63) is 53.6 Å². The Hall–Kier alpha value is -2.75. The first kappa shape index (κ1) is 19.2. The minimum Gasteiger partial charge on any atom is -0.872 e. The molecule has 30 heavy (non-hydrogen) atoms. The molecule has 0 aliphatic heterocycles. The molecule has 4 nitrogen and oxygen atoms in total. The van der Waals surface area contributed by atoms with Gasteiger partial charge < -0.3 is 14.9 Å². The molecule has 1 N–H and O–H groups in total. The molecule has 0 radical (unpaired) electrons. The van der Waals surface area contributed by atoms with Gasteiger partial charge in [0.2, 0.25) is 0 Å². The van der Waals surface area contributed by atoms with Crippen LogP contribution in [0, 0.1) is 17.8 Å². The molecule has 6 rings (SSSR count). The van der Waals surface area contributed by atoms with Crippen molar-refractivity contribution in [3.8, 4) is 22.6 Å². The van der Waals surface area contributed by atoms with E-state index in [0.717, 1.165) is 59.8 Å². The molecule has 156 valence electrons. The first-order valence-corrected chi connectivity index (χ1v) is 10.9. The van der Waals surface area contributed by atoms with Gasteiger partial charge in [0, 0.05) is 11.6 Å². The van der Waals surface area contributed by atoms with Gasteiger partial charge in [0.1, 0.15) is 5.75 Å². The second-order valence-corrected chi connectivity index (χ2v) is 9.54. The SMILES string of the molecule is COc1ccc(-c2ccc([O-])c(C34CC5CC(CC(C5)C3)C4)c2)cc1/C=C/C(=O)O. The summed E-state index contributed by atoms with van der Waals surface area (Å²) in [5.41, 5.74) is 3.73. The number of carbonyl (C=O) groups is 1. The van der Waals surface area contributed by atoms with E-state index in [1.165, 1.54) is 19.3 Å². The summed E-state index contributed by atoms with van der Waals surface area (Å²) in [6.07, 6.45) is 10.2. The highest BCUT2D eigenvalue weighted by atomic mass is 16.5. The zero-order chi connectivity index (χ0) is 20.9. The maximum absolute atomic E-state index is 13.0. The lowest BCUT2D eigenvalue weighted by molar-refractivity contribution is -0.271. The Morgan fingerprint density at radius 3 is 2.23 bits per heavy atom. The molecule has 2 aromatic rings. The van der Waals surface area contributed by atoms with Crippen molar-refractivity contribution in [1.29, 1.82) is 0 Å². The molecule has 0 spiro atoms. The van der Waals surface area contributed by atoms with Crippen LogP contribution >= 0.6 is 0 Å². The van der Waals surface area contributed by atoms with Crippen molar-refractivity contribution >= 4 is 12.0 Å². The summed E-state index contributed by atoms with van der Waals surface area (Å²) >= 11 is 0. The van der Waals surface area contributed by atoms with Crippen LogP contribution < -0.4 is 9.84 Å². The molecular formula is C26H27O4-. The zero-order valence-corrected chi connectivity index (χ0v) is 17.3. The topological polar surface area (TPSA) is 69.6 Å². The molecule has 0 unspecified atom stereocenters. The van der Waals surface area contributed by atoms with E-state index in [9.17, 15) is 9.90 Å². The third-order valence-electron chi connectivity index (χ3n) is 7.56. The normalized spacial score (nSPS) is 29.4. The lowest BCUT2D eigenvalue weighted by Crippen LogP contribution is -2.48. The largest absolute Gasteiger partial charge is 0.872 e. The van der Waals surface area contributed by atoms with Crippen molar-refractivity contribution < 1.29 is 19.7 Å². The Bertz CT molecular complexity index is 984. The van der Waals surface area contributed by atoms with Crippen LogP contribution in [0.4, 0.5) is 0 Å². The van der Waals surface area contributed by atoms with Crippen molar-refractivity contribution in [3.63, 3.8) is 0 Å². The molecule has 0 aromatic heterocycles. The Kier molecular flexibility index (Phi) is 4.61. The number of carboxylic acid groups (broad SMARTS) is 1. The van der Waals surface area contributed by atoms with Crippen LogP contribution in [-0.4, -0.2) is 18.2 Å². The number of ether oxygens (including phenoxy) is 1. The summed E-state index contributed by atoms with van der Waals surface area (Å²) in [4.78, 5) is 11.0. The van der Waals surface area contributed by atoms with E-state index in [1.54, 1.807) is 19.3 Å². The molecule has 4 aliphatic rings. The van der Waals surface area contributed by atoms with Gasteiger partial charge in [-0.1, -0.05) is 24.3 Å². The summed E-state index contributed by atoms with van der Waals surface area (Å²) in [5.74, 6) is 2.15.